The lowest BCUT2D eigenvalue weighted by molar-refractivity contribution is -0.275. The van der Waals surface area contributed by atoms with Gasteiger partial charge in [0.2, 0.25) is 5.91 Å². The zero-order valence-corrected chi connectivity index (χ0v) is 20.4. The summed E-state index contributed by atoms with van der Waals surface area (Å²) in [6, 6.07) is 19.1. The van der Waals surface area contributed by atoms with Crippen molar-refractivity contribution in [1.29, 1.82) is 0 Å². The highest BCUT2D eigenvalue weighted by atomic mass is 19.4. The molecular weight excluding hydrogens is 524 g/mol. The van der Waals surface area contributed by atoms with Crippen LogP contribution in [0, 0.1) is 17.8 Å². The van der Waals surface area contributed by atoms with Crippen molar-refractivity contribution >= 4 is 5.91 Å². The average molecular weight is 547 g/mol. The summed E-state index contributed by atoms with van der Waals surface area (Å²) < 4.78 is 86.6. The minimum atomic E-state index is -4.97. The van der Waals surface area contributed by atoms with Gasteiger partial charge in [-0.1, -0.05) is 60.5 Å². The van der Waals surface area contributed by atoms with Crippen molar-refractivity contribution in [1.82, 2.24) is 5.32 Å². The van der Waals surface area contributed by atoms with E-state index in [0.29, 0.717) is 18.4 Å². The van der Waals surface area contributed by atoms with Crippen LogP contribution in [0.25, 0.3) is 0 Å². The van der Waals surface area contributed by atoms with E-state index in [0.717, 1.165) is 24.3 Å². The van der Waals surface area contributed by atoms with Crippen molar-refractivity contribution in [3.63, 3.8) is 0 Å². The molecule has 0 saturated heterocycles. The summed E-state index contributed by atoms with van der Waals surface area (Å²) in [6.45, 7) is -0.185. The van der Waals surface area contributed by atoms with E-state index in [4.69, 9.17) is 6.42 Å². The molecule has 1 fully saturated rings. The van der Waals surface area contributed by atoms with E-state index in [9.17, 15) is 31.1 Å². The number of rotatable bonds is 9. The van der Waals surface area contributed by atoms with Crippen LogP contribution in [-0.4, -0.2) is 25.2 Å². The predicted octanol–water partition coefficient (Wildman–Crippen LogP) is 6.54. The number of hydrogen-bond acceptors (Lipinski definition) is 3. The number of ether oxygens (including phenoxy) is 2. The largest absolute Gasteiger partial charge is 0.573 e. The van der Waals surface area contributed by atoms with Crippen LogP contribution in [0.5, 0.6) is 11.5 Å². The molecule has 0 radical (unpaired) electrons. The maximum absolute atomic E-state index is 13.1. The first-order valence-electron chi connectivity index (χ1n) is 11.9. The monoisotopic (exact) mass is 547 g/mol. The van der Waals surface area contributed by atoms with Crippen molar-refractivity contribution in [2.24, 2.45) is 5.41 Å². The van der Waals surface area contributed by atoms with E-state index in [1.165, 1.54) is 24.3 Å². The molecule has 0 unspecified atom stereocenters. The second kappa shape index (κ2) is 10.6. The van der Waals surface area contributed by atoms with E-state index >= 15 is 0 Å². The van der Waals surface area contributed by atoms with Crippen LogP contribution in [0.2, 0.25) is 0 Å². The second-order valence-electron chi connectivity index (χ2n) is 9.30. The molecule has 1 saturated carbocycles. The van der Waals surface area contributed by atoms with Gasteiger partial charge in [0.05, 0.1) is 0 Å². The maximum atomic E-state index is 13.1. The second-order valence-corrected chi connectivity index (χ2v) is 9.30. The Bertz CT molecular complexity index is 1300. The highest BCUT2D eigenvalue weighted by Crippen LogP contribution is 2.46. The van der Waals surface area contributed by atoms with Gasteiger partial charge in [-0.25, -0.2) is 0 Å². The van der Waals surface area contributed by atoms with E-state index in [2.05, 4.69) is 20.7 Å². The van der Waals surface area contributed by atoms with Crippen LogP contribution in [-0.2, 0) is 16.6 Å². The Kier molecular flexibility index (Phi) is 7.55. The third kappa shape index (κ3) is 6.85. The number of benzene rings is 3. The molecule has 1 aliphatic rings. The SMILES string of the molecule is C#CC1(C(=O)NCC(Cc2ccccc2)(c2cccc(OC(F)(F)F)c2)c2cccc(OC(F)(F)F)c2)CC1. The van der Waals surface area contributed by atoms with E-state index < -0.39 is 41.0 Å². The lowest BCUT2D eigenvalue weighted by Gasteiger charge is -2.36. The molecule has 4 rings (SSSR count). The molecule has 39 heavy (non-hydrogen) atoms. The topological polar surface area (TPSA) is 47.6 Å². The highest BCUT2D eigenvalue weighted by Gasteiger charge is 2.49. The van der Waals surface area contributed by atoms with Gasteiger partial charge in [0.25, 0.3) is 0 Å². The summed E-state index contributed by atoms with van der Waals surface area (Å²) >= 11 is 0. The summed E-state index contributed by atoms with van der Waals surface area (Å²) in [5.41, 5.74) is -1.08. The number of carbonyl (C=O) groups excluding carboxylic acids is 1. The molecule has 1 aliphatic carbocycles. The van der Waals surface area contributed by atoms with Gasteiger partial charge in [0, 0.05) is 12.0 Å². The van der Waals surface area contributed by atoms with Crippen molar-refractivity contribution < 1.29 is 40.6 Å². The summed E-state index contributed by atoms with van der Waals surface area (Å²) in [6.07, 6.45) is -3.33. The van der Waals surface area contributed by atoms with Gasteiger partial charge in [-0.3, -0.25) is 4.79 Å². The third-order valence-electron chi connectivity index (χ3n) is 6.60. The molecule has 0 heterocycles. The lowest BCUT2D eigenvalue weighted by Crippen LogP contribution is -2.45. The van der Waals surface area contributed by atoms with Crippen LogP contribution >= 0.6 is 0 Å². The fourth-order valence-corrected chi connectivity index (χ4v) is 4.53. The molecule has 0 bridgehead atoms. The van der Waals surface area contributed by atoms with Gasteiger partial charge < -0.3 is 14.8 Å². The molecule has 0 atom stereocenters. The molecule has 0 aromatic heterocycles. The Hall–Kier alpha value is -4.13. The Labute approximate surface area is 220 Å². The Morgan fingerprint density at radius 2 is 1.33 bits per heavy atom. The number of hydrogen-bond donors (Lipinski definition) is 1. The zero-order chi connectivity index (χ0) is 28.3. The quantitative estimate of drug-likeness (QED) is 0.245. The minimum absolute atomic E-state index is 0.0993. The van der Waals surface area contributed by atoms with Gasteiger partial charge in [0.1, 0.15) is 16.9 Å². The van der Waals surface area contributed by atoms with Crippen LogP contribution in [0.3, 0.4) is 0 Å². The smallest absolute Gasteiger partial charge is 0.406 e. The van der Waals surface area contributed by atoms with Crippen LogP contribution in [0.15, 0.2) is 78.9 Å². The zero-order valence-electron chi connectivity index (χ0n) is 20.4. The Balaban J connectivity index is 1.88. The predicted molar refractivity (Wildman–Crippen MR) is 131 cm³/mol. The van der Waals surface area contributed by atoms with Gasteiger partial charge in [0.15, 0.2) is 0 Å². The first kappa shape index (κ1) is 27.9. The molecule has 1 amide bonds. The standard InChI is InChI=1S/C29H23F6NO3/c1-2-26(14-15-26)25(37)36-19-27(18-20-8-4-3-5-9-20,21-10-6-12-23(16-21)38-28(30,31)32)22-11-7-13-24(17-22)39-29(33,34)35/h1,3-13,16-17H,14-15,18-19H2,(H,36,37). The molecule has 0 spiro atoms. The Morgan fingerprint density at radius 1 is 0.821 bits per heavy atom. The van der Waals surface area contributed by atoms with E-state index in [1.54, 1.807) is 30.3 Å². The van der Waals surface area contributed by atoms with E-state index in [-0.39, 0.29) is 24.1 Å². The van der Waals surface area contributed by atoms with Gasteiger partial charge in [-0.05, 0) is 60.2 Å². The summed E-state index contributed by atoms with van der Waals surface area (Å²) in [5.74, 6) is 1.01. The molecule has 10 heteroatoms. The molecule has 204 valence electrons. The Morgan fingerprint density at radius 3 is 1.77 bits per heavy atom. The number of amides is 1. The van der Waals surface area contributed by atoms with Crippen molar-refractivity contribution in [3.8, 4) is 23.8 Å². The van der Waals surface area contributed by atoms with Crippen molar-refractivity contribution in [2.75, 3.05) is 6.54 Å². The highest BCUT2D eigenvalue weighted by molar-refractivity contribution is 5.88. The molecule has 4 nitrogen and oxygen atoms in total. The van der Waals surface area contributed by atoms with Crippen LogP contribution < -0.4 is 14.8 Å². The number of terminal acetylenes is 1. The molecule has 3 aromatic carbocycles. The van der Waals surface area contributed by atoms with Crippen LogP contribution in [0.1, 0.15) is 29.5 Å². The first-order chi connectivity index (χ1) is 18.3. The number of carbonyl (C=O) groups is 1. The van der Waals surface area contributed by atoms with Crippen molar-refractivity contribution in [3.05, 3.63) is 95.6 Å². The molecule has 3 aromatic rings. The van der Waals surface area contributed by atoms with E-state index in [1.807, 2.05) is 0 Å². The molecule has 0 aliphatic heterocycles. The summed E-state index contributed by atoms with van der Waals surface area (Å²) in [7, 11) is 0. The minimum Gasteiger partial charge on any atom is -0.406 e. The van der Waals surface area contributed by atoms with Gasteiger partial charge >= 0.3 is 12.7 Å². The van der Waals surface area contributed by atoms with Crippen LogP contribution in [0.4, 0.5) is 26.3 Å². The van der Waals surface area contributed by atoms with Gasteiger partial charge in [-0.2, -0.15) is 0 Å². The fraction of sp³-hybridized carbons (Fsp3) is 0.276. The number of nitrogens with one attached hydrogen (secondary N) is 1. The summed E-state index contributed by atoms with van der Waals surface area (Å²) in [5, 5.41) is 2.82. The molecule has 1 N–H and O–H groups in total. The first-order valence-corrected chi connectivity index (χ1v) is 11.9. The number of alkyl halides is 6. The fourth-order valence-electron chi connectivity index (χ4n) is 4.53. The maximum Gasteiger partial charge on any atom is 0.573 e. The third-order valence-corrected chi connectivity index (χ3v) is 6.60. The average Bonchev–Trinajstić information content (AvgIpc) is 3.67. The summed E-state index contributed by atoms with van der Waals surface area (Å²) in [4.78, 5) is 13.0. The van der Waals surface area contributed by atoms with Crippen molar-refractivity contribution in [2.45, 2.75) is 37.4 Å². The van der Waals surface area contributed by atoms with Gasteiger partial charge in [-0.15, -0.1) is 32.8 Å². The lowest BCUT2D eigenvalue weighted by atomic mass is 9.70. The number of halogens is 6. The normalized spacial score (nSPS) is 14.7. The molecular formula is C29H23F6NO3.